The summed E-state index contributed by atoms with van der Waals surface area (Å²) in [5.41, 5.74) is 4.97. The number of hydrogen-bond acceptors (Lipinski definition) is 4. The Bertz CT molecular complexity index is 807. The molecule has 7 heteroatoms. The molecule has 0 atom stereocenters. The Labute approximate surface area is 197 Å². The molecule has 0 radical (unpaired) electrons. The summed E-state index contributed by atoms with van der Waals surface area (Å²) < 4.78 is 11.2. The molecule has 0 bridgehead atoms. The fourth-order valence-corrected chi connectivity index (χ4v) is 4.25. The van der Waals surface area contributed by atoms with Crippen LogP contribution >= 0.6 is 24.0 Å². The van der Waals surface area contributed by atoms with Gasteiger partial charge in [-0.2, -0.15) is 0 Å². The zero-order valence-corrected chi connectivity index (χ0v) is 20.9. The highest BCUT2D eigenvalue weighted by molar-refractivity contribution is 14.0. The molecule has 0 spiro atoms. The van der Waals surface area contributed by atoms with E-state index in [9.17, 15) is 0 Å². The van der Waals surface area contributed by atoms with Crippen molar-refractivity contribution in [3.63, 3.8) is 0 Å². The Morgan fingerprint density at radius 1 is 1.13 bits per heavy atom. The van der Waals surface area contributed by atoms with E-state index in [-0.39, 0.29) is 29.4 Å². The van der Waals surface area contributed by atoms with Crippen molar-refractivity contribution in [2.75, 3.05) is 26.8 Å². The molecule has 0 unspecified atom stereocenters. The molecule has 0 saturated carbocycles. The average molecular weight is 526 g/mol. The number of nitrogens with one attached hydrogen (secondary N) is 2. The summed E-state index contributed by atoms with van der Waals surface area (Å²) in [4.78, 5) is 4.44. The van der Waals surface area contributed by atoms with Crippen molar-refractivity contribution in [2.45, 2.75) is 58.4 Å². The Morgan fingerprint density at radius 2 is 1.87 bits per heavy atom. The molecule has 6 nitrogen and oxygen atoms in total. The van der Waals surface area contributed by atoms with Crippen LogP contribution in [0.25, 0.3) is 0 Å². The maximum absolute atomic E-state index is 5.68. The van der Waals surface area contributed by atoms with Crippen LogP contribution < -0.4 is 10.6 Å². The summed E-state index contributed by atoms with van der Waals surface area (Å²) in [6.45, 7) is 9.47. The van der Waals surface area contributed by atoms with Gasteiger partial charge in [-0.05, 0) is 37.3 Å². The van der Waals surface area contributed by atoms with Gasteiger partial charge in [-0.15, -0.1) is 24.0 Å². The molecule has 2 N–H and O–H groups in total. The van der Waals surface area contributed by atoms with Gasteiger partial charge in [-0.3, -0.25) is 4.99 Å². The van der Waals surface area contributed by atoms with E-state index in [2.05, 4.69) is 65.8 Å². The van der Waals surface area contributed by atoms with Crippen LogP contribution in [0.2, 0.25) is 0 Å². The predicted molar refractivity (Wildman–Crippen MR) is 132 cm³/mol. The molecule has 1 aromatic heterocycles. The molecule has 1 aromatic carbocycles. The summed E-state index contributed by atoms with van der Waals surface area (Å²) in [6.07, 6.45) is 3.72. The highest BCUT2D eigenvalue weighted by Crippen LogP contribution is 2.36. The minimum atomic E-state index is 0. The van der Waals surface area contributed by atoms with E-state index in [0.29, 0.717) is 6.54 Å². The number of ether oxygens (including phenoxy) is 1. The zero-order valence-electron chi connectivity index (χ0n) is 18.6. The number of hydrogen-bond donors (Lipinski definition) is 2. The van der Waals surface area contributed by atoms with Crippen LogP contribution in [-0.2, 0) is 29.5 Å². The van der Waals surface area contributed by atoms with Crippen LogP contribution in [0.3, 0.4) is 0 Å². The Hall–Kier alpha value is -1.61. The fraction of sp³-hybridized carbons (Fsp3) is 0.565. The molecule has 1 fully saturated rings. The Morgan fingerprint density at radius 3 is 2.50 bits per heavy atom. The van der Waals surface area contributed by atoms with Gasteiger partial charge in [0.2, 0.25) is 0 Å². The monoisotopic (exact) mass is 526 g/mol. The topological polar surface area (TPSA) is 71.7 Å². The number of halogens is 1. The average Bonchev–Trinajstić information content (AvgIpc) is 3.17. The van der Waals surface area contributed by atoms with Gasteiger partial charge in [-0.25, -0.2) is 0 Å². The maximum atomic E-state index is 5.68. The first-order valence-electron chi connectivity index (χ1n) is 10.7. The van der Waals surface area contributed by atoms with E-state index < -0.39 is 0 Å². The first kappa shape index (κ1) is 24.7. The van der Waals surface area contributed by atoms with Gasteiger partial charge in [0.1, 0.15) is 5.76 Å². The lowest BCUT2D eigenvalue weighted by Crippen LogP contribution is -2.48. The maximum Gasteiger partial charge on any atom is 0.191 e. The standard InChI is InChI=1S/C23H34N4O2.HI/c1-5-20-18(21(6-2)29-27-20)15-25-22(24-4)26-16-23(11-13-28-14-12-23)19-10-8-7-9-17(19)3;/h7-10H,5-6,11-16H2,1-4H3,(H2,24,25,26);1H. The van der Waals surface area contributed by atoms with E-state index in [1.807, 2.05) is 7.05 Å². The van der Waals surface area contributed by atoms with Gasteiger partial charge in [-0.1, -0.05) is 43.3 Å². The number of aliphatic imine (C=N–C) groups is 1. The molecular formula is C23H35IN4O2. The lowest BCUT2D eigenvalue weighted by atomic mass is 9.72. The van der Waals surface area contributed by atoms with Crippen molar-refractivity contribution >= 4 is 29.9 Å². The first-order valence-corrected chi connectivity index (χ1v) is 10.7. The van der Waals surface area contributed by atoms with E-state index in [1.165, 1.54) is 11.1 Å². The van der Waals surface area contributed by atoms with Gasteiger partial charge < -0.3 is 19.9 Å². The van der Waals surface area contributed by atoms with Gasteiger partial charge in [0.25, 0.3) is 0 Å². The van der Waals surface area contributed by atoms with Crippen molar-refractivity contribution in [3.05, 3.63) is 52.4 Å². The third kappa shape index (κ3) is 5.55. The molecule has 30 heavy (non-hydrogen) atoms. The van der Waals surface area contributed by atoms with E-state index in [1.54, 1.807) is 0 Å². The highest BCUT2D eigenvalue weighted by Gasteiger charge is 2.35. The molecule has 2 heterocycles. The van der Waals surface area contributed by atoms with Crippen molar-refractivity contribution in [2.24, 2.45) is 4.99 Å². The number of aryl methyl sites for hydroxylation is 3. The number of rotatable bonds is 7. The minimum Gasteiger partial charge on any atom is -0.381 e. The second-order valence-corrected chi connectivity index (χ2v) is 7.73. The van der Waals surface area contributed by atoms with Crippen molar-refractivity contribution in [1.29, 1.82) is 0 Å². The normalized spacial score (nSPS) is 16.1. The molecule has 3 rings (SSSR count). The Balaban J connectivity index is 0.00000320. The summed E-state index contributed by atoms with van der Waals surface area (Å²) in [6, 6.07) is 8.70. The van der Waals surface area contributed by atoms with Gasteiger partial charge in [0, 0.05) is 50.8 Å². The van der Waals surface area contributed by atoms with Crippen LogP contribution in [0.15, 0.2) is 33.8 Å². The minimum absolute atomic E-state index is 0. The SMILES string of the molecule is CCc1noc(CC)c1CNC(=NC)NCC1(c2ccccc2C)CCOCC1.I. The second kappa shape index (κ2) is 11.7. The van der Waals surface area contributed by atoms with Crippen molar-refractivity contribution < 1.29 is 9.26 Å². The summed E-state index contributed by atoms with van der Waals surface area (Å²) in [5, 5.41) is 11.2. The summed E-state index contributed by atoms with van der Waals surface area (Å²) in [7, 11) is 1.81. The van der Waals surface area contributed by atoms with Crippen LogP contribution in [0.1, 0.15) is 54.8 Å². The molecule has 0 aliphatic carbocycles. The molecule has 2 aromatic rings. The molecule has 1 aliphatic rings. The lowest BCUT2D eigenvalue weighted by molar-refractivity contribution is 0.0512. The molecular weight excluding hydrogens is 491 g/mol. The first-order chi connectivity index (χ1) is 14.1. The van der Waals surface area contributed by atoms with Crippen LogP contribution in [-0.4, -0.2) is 37.9 Å². The zero-order chi connectivity index (χ0) is 20.7. The van der Waals surface area contributed by atoms with Crippen LogP contribution in [0.5, 0.6) is 0 Å². The quantitative estimate of drug-likeness (QED) is 0.323. The van der Waals surface area contributed by atoms with E-state index in [0.717, 1.165) is 68.4 Å². The van der Waals surface area contributed by atoms with Crippen LogP contribution in [0.4, 0.5) is 0 Å². The lowest BCUT2D eigenvalue weighted by Gasteiger charge is -2.39. The molecule has 1 saturated heterocycles. The van der Waals surface area contributed by atoms with E-state index >= 15 is 0 Å². The van der Waals surface area contributed by atoms with E-state index in [4.69, 9.17) is 9.26 Å². The Kier molecular flexibility index (Phi) is 9.61. The smallest absolute Gasteiger partial charge is 0.191 e. The van der Waals surface area contributed by atoms with Gasteiger partial charge in [0.15, 0.2) is 5.96 Å². The number of nitrogens with zero attached hydrogens (tertiary/aromatic N) is 2. The summed E-state index contributed by atoms with van der Waals surface area (Å²) in [5.74, 6) is 1.75. The fourth-order valence-electron chi connectivity index (χ4n) is 4.25. The molecule has 166 valence electrons. The third-order valence-corrected chi connectivity index (χ3v) is 6.02. The van der Waals surface area contributed by atoms with Crippen molar-refractivity contribution in [1.82, 2.24) is 15.8 Å². The number of aromatic nitrogens is 1. The second-order valence-electron chi connectivity index (χ2n) is 7.73. The molecule has 1 aliphatic heterocycles. The van der Waals surface area contributed by atoms with Crippen molar-refractivity contribution in [3.8, 4) is 0 Å². The van der Waals surface area contributed by atoms with Gasteiger partial charge >= 0.3 is 0 Å². The molecule has 0 amide bonds. The van der Waals surface area contributed by atoms with Gasteiger partial charge in [0.05, 0.1) is 5.69 Å². The predicted octanol–water partition coefficient (Wildman–Crippen LogP) is 4.14. The number of guanidine groups is 1. The third-order valence-electron chi connectivity index (χ3n) is 6.02. The highest BCUT2D eigenvalue weighted by atomic mass is 127. The number of benzene rings is 1. The summed E-state index contributed by atoms with van der Waals surface area (Å²) >= 11 is 0. The van der Waals surface area contributed by atoms with Crippen LogP contribution in [0, 0.1) is 6.92 Å². The largest absolute Gasteiger partial charge is 0.381 e.